The Hall–Kier alpha value is -2.02. The van der Waals surface area contributed by atoms with Gasteiger partial charge in [-0.3, -0.25) is 4.98 Å². The van der Waals surface area contributed by atoms with Crippen LogP contribution in [0.25, 0.3) is 0 Å². The lowest BCUT2D eigenvalue weighted by Gasteiger charge is -2.06. The van der Waals surface area contributed by atoms with E-state index in [1.54, 1.807) is 25.5 Å². The molecule has 6 nitrogen and oxygen atoms in total. The lowest BCUT2D eigenvalue weighted by atomic mass is 10.3. The van der Waals surface area contributed by atoms with Gasteiger partial charge in [0.05, 0.1) is 13.3 Å². The largest absolute Gasteiger partial charge is 0.465 e. The van der Waals surface area contributed by atoms with Gasteiger partial charge in [0.2, 0.25) is 0 Å². The molecule has 0 bridgehead atoms. The molecule has 0 N–H and O–H groups in total. The zero-order valence-corrected chi connectivity index (χ0v) is 10.6. The van der Waals surface area contributed by atoms with Crippen LogP contribution in [0.15, 0.2) is 34.8 Å². The van der Waals surface area contributed by atoms with Gasteiger partial charge >= 0.3 is 5.97 Å². The Morgan fingerprint density at radius 3 is 2.78 bits per heavy atom. The summed E-state index contributed by atoms with van der Waals surface area (Å²) in [6.45, 7) is 1.75. The van der Waals surface area contributed by atoms with E-state index in [1.807, 2.05) is 0 Å². The first kappa shape index (κ1) is 12.4. The molecule has 2 heterocycles. The molecule has 0 saturated carbocycles. The third kappa shape index (κ3) is 2.80. The maximum atomic E-state index is 11.6. The van der Waals surface area contributed by atoms with Crippen molar-refractivity contribution in [2.45, 2.75) is 17.0 Å². The number of methoxy groups -OCH3 is 1. The highest BCUT2D eigenvalue weighted by molar-refractivity contribution is 7.99. The van der Waals surface area contributed by atoms with Crippen LogP contribution >= 0.6 is 11.8 Å². The second kappa shape index (κ2) is 5.54. The second-order valence-electron chi connectivity index (χ2n) is 3.27. The van der Waals surface area contributed by atoms with E-state index in [0.717, 1.165) is 0 Å². The minimum atomic E-state index is -0.471. The number of ether oxygens (including phenoxy) is 1. The van der Waals surface area contributed by atoms with Gasteiger partial charge in [-0.05, 0) is 18.7 Å². The van der Waals surface area contributed by atoms with Crippen LogP contribution in [0.5, 0.6) is 0 Å². The molecular formula is C11H10N4O2S. The van der Waals surface area contributed by atoms with Crippen molar-refractivity contribution in [2.24, 2.45) is 0 Å². The van der Waals surface area contributed by atoms with Crippen LogP contribution in [0, 0.1) is 6.92 Å². The van der Waals surface area contributed by atoms with E-state index in [9.17, 15) is 4.79 Å². The van der Waals surface area contributed by atoms with Crippen LogP contribution in [0.3, 0.4) is 0 Å². The van der Waals surface area contributed by atoms with Crippen molar-refractivity contribution in [1.82, 2.24) is 19.9 Å². The second-order valence-corrected chi connectivity index (χ2v) is 4.28. The van der Waals surface area contributed by atoms with Crippen LogP contribution in [0.2, 0.25) is 0 Å². The van der Waals surface area contributed by atoms with Crippen LogP contribution in [-0.4, -0.2) is 33.0 Å². The minimum Gasteiger partial charge on any atom is -0.465 e. The van der Waals surface area contributed by atoms with E-state index in [0.29, 0.717) is 21.4 Å². The molecule has 0 radical (unpaired) electrons. The number of aryl methyl sites for hydroxylation is 1. The van der Waals surface area contributed by atoms with E-state index in [2.05, 4.69) is 24.7 Å². The maximum absolute atomic E-state index is 11.6. The predicted molar refractivity (Wildman–Crippen MR) is 64.3 cm³/mol. The number of hydrogen-bond donors (Lipinski definition) is 0. The Bertz CT molecular complexity index is 562. The average molecular weight is 262 g/mol. The number of nitrogens with zero attached hydrogens (tertiary/aromatic N) is 4. The molecule has 18 heavy (non-hydrogen) atoms. The molecule has 0 spiro atoms. The van der Waals surface area contributed by atoms with Gasteiger partial charge in [0.15, 0.2) is 0 Å². The number of carbonyl (C=O) groups is 1. The van der Waals surface area contributed by atoms with E-state index in [-0.39, 0.29) is 0 Å². The van der Waals surface area contributed by atoms with Gasteiger partial charge in [-0.2, -0.15) is 0 Å². The molecule has 2 aromatic rings. The first-order valence-corrected chi connectivity index (χ1v) is 5.88. The van der Waals surface area contributed by atoms with E-state index >= 15 is 0 Å². The molecule has 0 atom stereocenters. The van der Waals surface area contributed by atoms with E-state index in [1.165, 1.54) is 25.1 Å². The summed E-state index contributed by atoms with van der Waals surface area (Å²) in [7, 11) is 1.32. The van der Waals surface area contributed by atoms with Crippen molar-refractivity contribution >= 4 is 17.7 Å². The highest BCUT2D eigenvalue weighted by atomic mass is 32.2. The van der Waals surface area contributed by atoms with Gasteiger partial charge < -0.3 is 4.74 Å². The molecule has 0 amide bonds. The molecule has 0 fully saturated rings. The first-order valence-electron chi connectivity index (χ1n) is 5.06. The van der Waals surface area contributed by atoms with Crippen molar-refractivity contribution in [3.05, 3.63) is 36.2 Å². The fourth-order valence-electron chi connectivity index (χ4n) is 1.21. The molecule has 0 aliphatic heterocycles. The molecule has 0 aromatic carbocycles. The normalized spacial score (nSPS) is 10.1. The molecule has 92 valence electrons. The van der Waals surface area contributed by atoms with Crippen molar-refractivity contribution < 1.29 is 9.53 Å². The van der Waals surface area contributed by atoms with Crippen molar-refractivity contribution in [1.29, 1.82) is 0 Å². The van der Waals surface area contributed by atoms with Crippen LogP contribution in [0.4, 0.5) is 0 Å². The Balaban J connectivity index is 2.36. The Morgan fingerprint density at radius 1 is 1.28 bits per heavy atom. The molecule has 0 unspecified atom stereocenters. The van der Waals surface area contributed by atoms with Crippen LogP contribution < -0.4 is 0 Å². The summed E-state index contributed by atoms with van der Waals surface area (Å²) in [4.78, 5) is 27.9. The summed E-state index contributed by atoms with van der Waals surface area (Å²) >= 11 is 1.25. The third-order valence-corrected chi connectivity index (χ3v) is 2.94. The average Bonchev–Trinajstić information content (AvgIpc) is 2.39. The monoisotopic (exact) mass is 262 g/mol. The fraction of sp³-hybridized carbons (Fsp3) is 0.182. The molecular weight excluding hydrogens is 252 g/mol. The van der Waals surface area contributed by atoms with Gasteiger partial charge in [0, 0.05) is 18.6 Å². The fourth-order valence-corrected chi connectivity index (χ4v) is 2.06. The SMILES string of the molecule is COC(=O)c1cnc(C)nc1Sc1cnccn1. The van der Waals surface area contributed by atoms with Gasteiger partial charge in [-0.15, -0.1) is 0 Å². The minimum absolute atomic E-state index is 0.318. The Morgan fingerprint density at radius 2 is 2.11 bits per heavy atom. The van der Waals surface area contributed by atoms with Crippen molar-refractivity contribution in [3.8, 4) is 0 Å². The lowest BCUT2D eigenvalue weighted by molar-refractivity contribution is 0.0595. The first-order chi connectivity index (χ1) is 8.70. The molecule has 2 aromatic heterocycles. The number of hydrogen-bond acceptors (Lipinski definition) is 7. The molecule has 2 rings (SSSR count). The molecule has 0 aliphatic rings. The smallest absolute Gasteiger partial charge is 0.342 e. The molecule has 0 saturated heterocycles. The van der Waals surface area contributed by atoms with Gasteiger partial charge in [-0.1, -0.05) is 0 Å². The third-order valence-electron chi connectivity index (χ3n) is 2.02. The summed E-state index contributed by atoms with van der Waals surface area (Å²) in [5.41, 5.74) is 0.318. The summed E-state index contributed by atoms with van der Waals surface area (Å²) in [6, 6.07) is 0. The number of esters is 1. The number of carbonyl (C=O) groups excluding carboxylic acids is 1. The number of aromatic nitrogens is 4. The zero-order chi connectivity index (χ0) is 13.0. The Labute approximate surface area is 108 Å². The molecule has 7 heteroatoms. The summed E-state index contributed by atoms with van der Waals surface area (Å²) < 4.78 is 4.69. The van der Waals surface area contributed by atoms with Gasteiger partial charge in [-0.25, -0.2) is 19.7 Å². The predicted octanol–water partition coefficient (Wildman–Crippen LogP) is 1.51. The van der Waals surface area contributed by atoms with Gasteiger partial charge in [0.25, 0.3) is 0 Å². The standard InChI is InChI=1S/C11H10N4O2S/c1-7-14-5-8(11(16)17-2)10(15-7)18-9-6-12-3-4-13-9/h3-6H,1-2H3. The lowest BCUT2D eigenvalue weighted by Crippen LogP contribution is -2.06. The maximum Gasteiger partial charge on any atom is 0.342 e. The Kier molecular flexibility index (Phi) is 3.83. The topological polar surface area (TPSA) is 77.9 Å². The van der Waals surface area contributed by atoms with Crippen molar-refractivity contribution in [3.63, 3.8) is 0 Å². The summed E-state index contributed by atoms with van der Waals surface area (Å²) in [5.74, 6) is 0.107. The number of rotatable bonds is 3. The highest BCUT2D eigenvalue weighted by Crippen LogP contribution is 2.26. The van der Waals surface area contributed by atoms with E-state index in [4.69, 9.17) is 0 Å². The van der Waals surface area contributed by atoms with Crippen LogP contribution in [-0.2, 0) is 4.74 Å². The summed E-state index contributed by atoms with van der Waals surface area (Å²) in [6.07, 6.45) is 6.21. The highest BCUT2D eigenvalue weighted by Gasteiger charge is 2.15. The quantitative estimate of drug-likeness (QED) is 0.612. The van der Waals surface area contributed by atoms with Gasteiger partial charge in [0.1, 0.15) is 21.4 Å². The molecule has 0 aliphatic carbocycles. The summed E-state index contributed by atoms with van der Waals surface area (Å²) in [5, 5.41) is 1.16. The zero-order valence-electron chi connectivity index (χ0n) is 9.82. The van der Waals surface area contributed by atoms with Crippen molar-refractivity contribution in [2.75, 3.05) is 7.11 Å². The van der Waals surface area contributed by atoms with Crippen LogP contribution in [0.1, 0.15) is 16.2 Å². The van der Waals surface area contributed by atoms with E-state index < -0.39 is 5.97 Å².